The van der Waals surface area contributed by atoms with Crippen molar-refractivity contribution in [3.05, 3.63) is 81.0 Å². The average Bonchev–Trinajstić information content (AvgIpc) is 3.23. The zero-order chi connectivity index (χ0) is 21.1. The van der Waals surface area contributed by atoms with E-state index in [1.165, 1.54) is 11.8 Å². The molecule has 1 fully saturated rings. The van der Waals surface area contributed by atoms with Gasteiger partial charge < -0.3 is 14.7 Å². The molecule has 1 atom stereocenters. The van der Waals surface area contributed by atoms with Crippen molar-refractivity contribution in [2.75, 3.05) is 11.4 Å². The largest absolute Gasteiger partial charge is 0.486 e. The van der Waals surface area contributed by atoms with Gasteiger partial charge in [-0.1, -0.05) is 51.8 Å². The van der Waals surface area contributed by atoms with E-state index in [1.807, 2.05) is 12.1 Å². The highest BCUT2D eigenvalue weighted by Crippen LogP contribution is 2.35. The van der Waals surface area contributed by atoms with Gasteiger partial charge in [0, 0.05) is 17.2 Å². The highest BCUT2D eigenvalue weighted by atomic mass is 79.9. The number of hydrogen-bond donors (Lipinski definition) is 1. The zero-order valence-electron chi connectivity index (χ0n) is 16.0. The Balaban J connectivity index is 1.63. The van der Waals surface area contributed by atoms with Gasteiger partial charge in [0.15, 0.2) is 0 Å². The van der Waals surface area contributed by atoms with E-state index in [0.29, 0.717) is 22.4 Å². The Hall–Kier alpha value is -2.64. The Morgan fingerprint density at radius 1 is 1.27 bits per heavy atom. The molecule has 0 spiro atoms. The van der Waals surface area contributed by atoms with Crippen LogP contribution in [0.5, 0.6) is 5.75 Å². The predicted octanol–water partition coefficient (Wildman–Crippen LogP) is 5.51. The second-order valence-corrected chi connectivity index (χ2v) is 8.28. The average molecular weight is 489 g/mol. The summed E-state index contributed by atoms with van der Waals surface area (Å²) < 4.78 is 6.76. The molecule has 2 aromatic carbocycles. The molecule has 0 aliphatic carbocycles. The third-order valence-electron chi connectivity index (χ3n) is 5.03. The van der Waals surface area contributed by atoms with Crippen LogP contribution in [-0.2, 0) is 6.61 Å². The van der Waals surface area contributed by atoms with Crippen LogP contribution < -0.4 is 9.64 Å². The van der Waals surface area contributed by atoms with Gasteiger partial charge in [-0.15, -0.1) is 0 Å². The maximum Gasteiger partial charge on any atom is 0.339 e. The molecule has 0 amide bonds. The Bertz CT molecular complexity index is 1080. The molecule has 1 saturated heterocycles. The number of carbonyl (C=O) groups is 1. The van der Waals surface area contributed by atoms with Crippen LogP contribution >= 0.6 is 27.5 Å². The van der Waals surface area contributed by atoms with E-state index in [-0.39, 0.29) is 18.2 Å². The number of carboxylic acid groups (broad SMARTS) is 1. The number of para-hydroxylation sites is 1. The molecule has 4 rings (SSSR count). The number of aromatic nitrogens is 2. The molecule has 0 radical (unpaired) electrons. The highest BCUT2D eigenvalue weighted by Gasteiger charge is 2.29. The van der Waals surface area contributed by atoms with Crippen molar-refractivity contribution in [2.45, 2.75) is 25.5 Å². The van der Waals surface area contributed by atoms with Gasteiger partial charge in [0.05, 0.1) is 16.8 Å². The van der Waals surface area contributed by atoms with Crippen LogP contribution in [0, 0.1) is 0 Å². The van der Waals surface area contributed by atoms with E-state index in [0.717, 1.165) is 23.9 Å². The van der Waals surface area contributed by atoms with Crippen LogP contribution in [0.3, 0.4) is 0 Å². The maximum atomic E-state index is 11.7. The third-order valence-corrected chi connectivity index (χ3v) is 5.84. The molecule has 8 heteroatoms. The first kappa shape index (κ1) is 20.6. The standard InChI is InChI=1S/C22H19BrClN3O3/c23-15-6-3-5-14(11-15)19-8-4-10-27(19)22-25-12-16(21(28)29)18(26-22)13-30-20-9-2-1-7-17(20)24/h1-3,5-7,9,11-12,19H,4,8,10,13H2,(H,28,29)/t19-/m0/s1. The molecule has 3 aromatic rings. The van der Waals surface area contributed by atoms with E-state index in [4.69, 9.17) is 16.3 Å². The SMILES string of the molecule is O=C(O)c1cnc(N2CCC[C@H]2c2cccc(Br)c2)nc1COc1ccccc1Cl. The first-order valence-electron chi connectivity index (χ1n) is 9.51. The van der Waals surface area contributed by atoms with E-state index >= 15 is 0 Å². The van der Waals surface area contributed by atoms with Crippen molar-refractivity contribution >= 4 is 39.4 Å². The molecule has 30 heavy (non-hydrogen) atoms. The number of ether oxygens (including phenoxy) is 1. The lowest BCUT2D eigenvalue weighted by atomic mass is 10.1. The first-order chi connectivity index (χ1) is 14.5. The quantitative estimate of drug-likeness (QED) is 0.493. The highest BCUT2D eigenvalue weighted by molar-refractivity contribution is 9.10. The lowest BCUT2D eigenvalue weighted by Crippen LogP contribution is -2.26. The Kier molecular flexibility index (Phi) is 6.20. The summed E-state index contributed by atoms with van der Waals surface area (Å²) in [5, 5.41) is 10.0. The molecule has 0 unspecified atom stereocenters. The van der Waals surface area contributed by atoms with Crippen LogP contribution in [0.1, 0.15) is 40.5 Å². The van der Waals surface area contributed by atoms with Gasteiger partial charge in [0.1, 0.15) is 17.9 Å². The van der Waals surface area contributed by atoms with Crippen LogP contribution in [-0.4, -0.2) is 27.6 Å². The number of rotatable bonds is 6. The third kappa shape index (κ3) is 4.42. The topological polar surface area (TPSA) is 75.5 Å². The summed E-state index contributed by atoms with van der Waals surface area (Å²) in [4.78, 5) is 22.7. The van der Waals surface area contributed by atoms with Gasteiger partial charge in [0.25, 0.3) is 0 Å². The minimum atomic E-state index is -1.09. The van der Waals surface area contributed by atoms with Crippen LogP contribution in [0.25, 0.3) is 0 Å². The van der Waals surface area contributed by atoms with Gasteiger partial charge in [0.2, 0.25) is 5.95 Å². The minimum Gasteiger partial charge on any atom is -0.486 e. The minimum absolute atomic E-state index is 0.0176. The molecule has 1 aliphatic rings. The molecule has 154 valence electrons. The lowest BCUT2D eigenvalue weighted by Gasteiger charge is -2.25. The summed E-state index contributed by atoms with van der Waals surface area (Å²) >= 11 is 9.67. The second kappa shape index (κ2) is 9.02. The smallest absolute Gasteiger partial charge is 0.339 e. The van der Waals surface area contributed by atoms with Crippen molar-refractivity contribution in [3.8, 4) is 5.75 Å². The summed E-state index contributed by atoms with van der Waals surface area (Å²) in [7, 11) is 0. The Morgan fingerprint density at radius 2 is 2.10 bits per heavy atom. The molecule has 1 N–H and O–H groups in total. The van der Waals surface area contributed by atoms with Gasteiger partial charge in [-0.25, -0.2) is 14.8 Å². The molecule has 6 nitrogen and oxygen atoms in total. The fraction of sp³-hybridized carbons (Fsp3) is 0.227. The van der Waals surface area contributed by atoms with Crippen molar-refractivity contribution in [3.63, 3.8) is 0 Å². The van der Waals surface area contributed by atoms with E-state index in [2.05, 4.69) is 42.9 Å². The summed E-state index contributed by atoms with van der Waals surface area (Å²) in [5.41, 5.74) is 1.50. The predicted molar refractivity (Wildman–Crippen MR) is 118 cm³/mol. The molecule has 0 bridgehead atoms. The summed E-state index contributed by atoms with van der Waals surface area (Å²) in [6, 6.07) is 15.4. The number of anilines is 1. The maximum absolute atomic E-state index is 11.7. The Morgan fingerprint density at radius 3 is 2.87 bits per heavy atom. The van der Waals surface area contributed by atoms with Crippen LogP contribution in [0.4, 0.5) is 5.95 Å². The molecule has 1 aromatic heterocycles. The monoisotopic (exact) mass is 487 g/mol. The number of hydrogen-bond acceptors (Lipinski definition) is 5. The summed E-state index contributed by atoms with van der Waals surface area (Å²) in [6.45, 7) is 0.782. The zero-order valence-corrected chi connectivity index (χ0v) is 18.3. The van der Waals surface area contributed by atoms with E-state index < -0.39 is 5.97 Å². The number of carboxylic acids is 1. The summed E-state index contributed by atoms with van der Waals surface area (Å²) in [5.74, 6) is -0.117. The number of halogens is 2. The van der Waals surface area contributed by atoms with Crippen molar-refractivity contribution in [1.82, 2.24) is 9.97 Å². The van der Waals surface area contributed by atoms with Gasteiger partial charge in [-0.3, -0.25) is 0 Å². The molecular weight excluding hydrogens is 470 g/mol. The normalized spacial score (nSPS) is 15.9. The second-order valence-electron chi connectivity index (χ2n) is 6.96. The van der Waals surface area contributed by atoms with Crippen LogP contribution in [0.2, 0.25) is 5.02 Å². The van der Waals surface area contributed by atoms with E-state index in [1.54, 1.807) is 24.3 Å². The van der Waals surface area contributed by atoms with Gasteiger partial charge >= 0.3 is 5.97 Å². The summed E-state index contributed by atoms with van der Waals surface area (Å²) in [6.07, 6.45) is 3.34. The number of benzene rings is 2. The fourth-order valence-electron chi connectivity index (χ4n) is 3.61. The van der Waals surface area contributed by atoms with Crippen molar-refractivity contribution in [1.29, 1.82) is 0 Å². The van der Waals surface area contributed by atoms with E-state index in [9.17, 15) is 9.90 Å². The molecule has 2 heterocycles. The lowest BCUT2D eigenvalue weighted by molar-refractivity contribution is 0.0692. The van der Waals surface area contributed by atoms with Crippen molar-refractivity contribution in [2.24, 2.45) is 0 Å². The fourth-order valence-corrected chi connectivity index (χ4v) is 4.22. The number of nitrogens with zero attached hydrogens (tertiary/aromatic N) is 3. The van der Waals surface area contributed by atoms with Gasteiger partial charge in [-0.2, -0.15) is 0 Å². The molecule has 1 aliphatic heterocycles. The molecular formula is C22H19BrClN3O3. The number of aromatic carboxylic acids is 1. The molecule has 0 saturated carbocycles. The van der Waals surface area contributed by atoms with Crippen LogP contribution in [0.15, 0.2) is 59.2 Å². The van der Waals surface area contributed by atoms with Crippen molar-refractivity contribution < 1.29 is 14.6 Å². The Labute approximate surface area is 187 Å². The first-order valence-corrected chi connectivity index (χ1v) is 10.7. The van der Waals surface area contributed by atoms with Gasteiger partial charge in [-0.05, 0) is 42.7 Å².